The third-order valence-electron chi connectivity index (χ3n) is 2.97. The SMILES string of the molecule is CC(C)(C)CCC(=O)NCCNC(=O)CCC(C)(C)C. The lowest BCUT2D eigenvalue weighted by Crippen LogP contribution is -2.35. The summed E-state index contributed by atoms with van der Waals surface area (Å²) in [5, 5.41) is 5.66. The van der Waals surface area contributed by atoms with E-state index in [0.717, 1.165) is 12.8 Å². The molecule has 0 saturated heterocycles. The summed E-state index contributed by atoms with van der Waals surface area (Å²) in [4.78, 5) is 23.1. The van der Waals surface area contributed by atoms with Crippen LogP contribution < -0.4 is 10.6 Å². The molecule has 2 amide bonds. The minimum atomic E-state index is 0.0591. The molecule has 0 aromatic heterocycles. The van der Waals surface area contributed by atoms with Gasteiger partial charge in [0.25, 0.3) is 0 Å². The van der Waals surface area contributed by atoms with E-state index in [-0.39, 0.29) is 22.6 Å². The Bertz CT molecular complexity index is 279. The third-order valence-corrected chi connectivity index (χ3v) is 2.97. The molecule has 0 unspecified atom stereocenters. The van der Waals surface area contributed by atoms with Crippen LogP contribution in [0.5, 0.6) is 0 Å². The molecule has 0 saturated carbocycles. The molecule has 118 valence electrons. The van der Waals surface area contributed by atoms with Gasteiger partial charge in [-0.15, -0.1) is 0 Å². The molecule has 0 rings (SSSR count). The van der Waals surface area contributed by atoms with E-state index in [4.69, 9.17) is 0 Å². The smallest absolute Gasteiger partial charge is 0.220 e. The molecule has 0 spiro atoms. The van der Waals surface area contributed by atoms with Gasteiger partial charge in [0.05, 0.1) is 0 Å². The van der Waals surface area contributed by atoms with E-state index in [1.165, 1.54) is 0 Å². The van der Waals surface area contributed by atoms with Gasteiger partial charge in [0.15, 0.2) is 0 Å². The molecule has 0 bridgehead atoms. The van der Waals surface area contributed by atoms with Crippen molar-refractivity contribution in [3.05, 3.63) is 0 Å². The molecule has 20 heavy (non-hydrogen) atoms. The molecule has 4 nitrogen and oxygen atoms in total. The maximum Gasteiger partial charge on any atom is 0.220 e. The van der Waals surface area contributed by atoms with Crippen LogP contribution in [-0.4, -0.2) is 24.9 Å². The molecule has 0 aliphatic heterocycles. The zero-order valence-electron chi connectivity index (χ0n) is 14.1. The Morgan fingerprint density at radius 1 is 0.700 bits per heavy atom. The van der Waals surface area contributed by atoms with E-state index >= 15 is 0 Å². The molecule has 0 aromatic carbocycles. The van der Waals surface area contributed by atoms with Gasteiger partial charge in [-0.25, -0.2) is 0 Å². The number of rotatable bonds is 7. The lowest BCUT2D eigenvalue weighted by molar-refractivity contribution is -0.123. The molecule has 0 fully saturated rings. The van der Waals surface area contributed by atoms with Crippen molar-refractivity contribution in [1.29, 1.82) is 0 Å². The summed E-state index contributed by atoms with van der Waals surface area (Å²) in [5.74, 6) is 0.118. The van der Waals surface area contributed by atoms with Gasteiger partial charge >= 0.3 is 0 Å². The highest BCUT2D eigenvalue weighted by molar-refractivity contribution is 5.77. The number of hydrogen-bond acceptors (Lipinski definition) is 2. The Balaban J connectivity index is 3.61. The molecule has 0 aliphatic rings. The molecule has 4 heteroatoms. The summed E-state index contributed by atoms with van der Waals surface area (Å²) in [7, 11) is 0. The summed E-state index contributed by atoms with van der Waals surface area (Å²) in [6, 6.07) is 0. The van der Waals surface area contributed by atoms with Crippen LogP contribution in [0.2, 0.25) is 0 Å². The van der Waals surface area contributed by atoms with Crippen molar-refractivity contribution >= 4 is 11.8 Å². The first-order valence-electron chi connectivity index (χ1n) is 7.53. The standard InChI is InChI=1S/C16H32N2O2/c1-15(2,3)9-7-13(19)17-11-12-18-14(20)8-10-16(4,5)6/h7-12H2,1-6H3,(H,17,19)(H,18,20). The first kappa shape index (κ1) is 18.9. The van der Waals surface area contributed by atoms with Gasteiger partial charge < -0.3 is 10.6 Å². The summed E-state index contributed by atoms with van der Waals surface area (Å²) in [6.07, 6.45) is 2.83. The van der Waals surface area contributed by atoms with Crippen LogP contribution in [0.4, 0.5) is 0 Å². The van der Waals surface area contributed by atoms with Crippen molar-refractivity contribution in [2.45, 2.75) is 67.2 Å². The molecular weight excluding hydrogens is 252 g/mol. The Labute approximate surface area is 124 Å². The Hall–Kier alpha value is -1.06. The number of carbonyl (C=O) groups excluding carboxylic acids is 2. The lowest BCUT2D eigenvalue weighted by atomic mass is 9.90. The van der Waals surface area contributed by atoms with E-state index in [1.807, 2.05) is 0 Å². The molecule has 0 atom stereocenters. The first-order chi connectivity index (χ1) is 8.99. The Kier molecular flexibility index (Phi) is 7.84. The van der Waals surface area contributed by atoms with Gasteiger partial charge in [0, 0.05) is 25.9 Å². The lowest BCUT2D eigenvalue weighted by Gasteiger charge is -2.18. The molecular formula is C16H32N2O2. The highest BCUT2D eigenvalue weighted by Gasteiger charge is 2.13. The first-order valence-corrected chi connectivity index (χ1v) is 7.53. The number of carbonyl (C=O) groups is 2. The Morgan fingerprint density at radius 2 is 1.00 bits per heavy atom. The van der Waals surface area contributed by atoms with E-state index in [1.54, 1.807) is 0 Å². The zero-order valence-corrected chi connectivity index (χ0v) is 14.1. The minimum absolute atomic E-state index is 0.0591. The summed E-state index contributed by atoms with van der Waals surface area (Å²) < 4.78 is 0. The number of amides is 2. The van der Waals surface area contributed by atoms with Crippen LogP contribution in [0.15, 0.2) is 0 Å². The Morgan fingerprint density at radius 3 is 1.25 bits per heavy atom. The topological polar surface area (TPSA) is 58.2 Å². The van der Waals surface area contributed by atoms with Crippen molar-refractivity contribution < 1.29 is 9.59 Å². The van der Waals surface area contributed by atoms with Crippen molar-refractivity contribution in [3.63, 3.8) is 0 Å². The fourth-order valence-corrected chi connectivity index (χ4v) is 1.56. The molecule has 0 aliphatic carbocycles. The maximum absolute atomic E-state index is 11.6. The highest BCUT2D eigenvalue weighted by atomic mass is 16.2. The molecule has 0 radical (unpaired) electrons. The summed E-state index contributed by atoms with van der Waals surface area (Å²) in [6.45, 7) is 13.7. The van der Waals surface area contributed by atoms with Gasteiger partial charge in [-0.2, -0.15) is 0 Å². The van der Waals surface area contributed by atoms with Crippen LogP contribution in [0.25, 0.3) is 0 Å². The fourth-order valence-electron chi connectivity index (χ4n) is 1.56. The van der Waals surface area contributed by atoms with Crippen LogP contribution in [0.1, 0.15) is 67.2 Å². The van der Waals surface area contributed by atoms with Crippen LogP contribution in [0.3, 0.4) is 0 Å². The van der Waals surface area contributed by atoms with Gasteiger partial charge in [0.2, 0.25) is 11.8 Å². The van der Waals surface area contributed by atoms with E-state index in [2.05, 4.69) is 52.2 Å². The average molecular weight is 284 g/mol. The molecule has 0 aromatic rings. The summed E-state index contributed by atoms with van der Waals surface area (Å²) in [5.41, 5.74) is 0.358. The number of nitrogens with one attached hydrogen (secondary N) is 2. The third kappa shape index (κ3) is 13.4. The fraction of sp³-hybridized carbons (Fsp3) is 0.875. The minimum Gasteiger partial charge on any atom is -0.354 e. The van der Waals surface area contributed by atoms with E-state index in [0.29, 0.717) is 25.9 Å². The van der Waals surface area contributed by atoms with Gasteiger partial charge in [0.1, 0.15) is 0 Å². The predicted octanol–water partition coefficient (Wildman–Crippen LogP) is 2.87. The molecule has 0 heterocycles. The second kappa shape index (κ2) is 8.28. The van der Waals surface area contributed by atoms with Crippen LogP contribution >= 0.6 is 0 Å². The number of hydrogen-bond donors (Lipinski definition) is 2. The van der Waals surface area contributed by atoms with E-state index < -0.39 is 0 Å². The average Bonchev–Trinajstić information content (AvgIpc) is 2.27. The van der Waals surface area contributed by atoms with Crippen molar-refractivity contribution in [1.82, 2.24) is 10.6 Å². The summed E-state index contributed by atoms with van der Waals surface area (Å²) >= 11 is 0. The van der Waals surface area contributed by atoms with E-state index in [9.17, 15) is 9.59 Å². The predicted molar refractivity (Wildman–Crippen MR) is 83.4 cm³/mol. The maximum atomic E-state index is 11.6. The highest BCUT2D eigenvalue weighted by Crippen LogP contribution is 2.20. The quantitative estimate of drug-likeness (QED) is 0.706. The van der Waals surface area contributed by atoms with Gasteiger partial charge in [-0.05, 0) is 23.7 Å². The van der Waals surface area contributed by atoms with Crippen LogP contribution in [0, 0.1) is 10.8 Å². The zero-order chi connectivity index (χ0) is 15.8. The van der Waals surface area contributed by atoms with Crippen molar-refractivity contribution in [2.75, 3.05) is 13.1 Å². The van der Waals surface area contributed by atoms with Gasteiger partial charge in [-0.1, -0.05) is 41.5 Å². The normalized spacial score (nSPS) is 12.1. The van der Waals surface area contributed by atoms with Crippen molar-refractivity contribution in [2.24, 2.45) is 10.8 Å². The van der Waals surface area contributed by atoms with Crippen molar-refractivity contribution in [3.8, 4) is 0 Å². The van der Waals surface area contributed by atoms with Gasteiger partial charge in [-0.3, -0.25) is 9.59 Å². The second-order valence-electron chi connectivity index (χ2n) is 7.82. The monoisotopic (exact) mass is 284 g/mol. The van der Waals surface area contributed by atoms with Crippen LogP contribution in [-0.2, 0) is 9.59 Å². The largest absolute Gasteiger partial charge is 0.354 e. The molecule has 2 N–H and O–H groups in total. The second-order valence-corrected chi connectivity index (χ2v) is 7.82.